The van der Waals surface area contributed by atoms with E-state index in [2.05, 4.69) is 0 Å². The van der Waals surface area contributed by atoms with Crippen molar-refractivity contribution in [1.82, 2.24) is 0 Å². The molecule has 30 heavy (non-hydrogen) atoms. The Morgan fingerprint density at radius 1 is 1.17 bits per heavy atom. The fourth-order valence-corrected chi connectivity index (χ4v) is 4.76. The van der Waals surface area contributed by atoms with Crippen LogP contribution in [0.5, 0.6) is 5.75 Å². The van der Waals surface area contributed by atoms with Crippen LogP contribution in [0.1, 0.15) is 34.8 Å². The van der Waals surface area contributed by atoms with Gasteiger partial charge in [-0.25, -0.2) is 0 Å². The van der Waals surface area contributed by atoms with Crippen LogP contribution in [0.25, 0.3) is 0 Å². The summed E-state index contributed by atoms with van der Waals surface area (Å²) in [5.74, 6) is -9.65. The van der Waals surface area contributed by atoms with Gasteiger partial charge < -0.3 is 0 Å². The third-order valence-electron chi connectivity index (χ3n) is 4.48. The predicted octanol–water partition coefficient (Wildman–Crippen LogP) is 4.97. The molecule has 0 fully saturated rings. The number of ether oxygens (including phenoxy) is 1. The number of halogens is 6. The number of nitrogens with zero attached hydrogens (tertiary/aromatic N) is 1. The number of carbonyl (C=O) groups excluding carboxylic acids is 2. The molecule has 1 aliphatic heterocycles. The first kappa shape index (κ1) is 22.8. The van der Waals surface area contributed by atoms with Gasteiger partial charge in [0.1, 0.15) is 0 Å². The quantitative estimate of drug-likeness (QED) is 0.234. The molecule has 1 atom stereocenters. The van der Waals surface area contributed by atoms with Crippen molar-refractivity contribution in [3.8, 4) is 5.75 Å². The molecule has 0 aromatic heterocycles. The van der Waals surface area contributed by atoms with Crippen LogP contribution in [0, 0.1) is 30.2 Å². The van der Waals surface area contributed by atoms with Crippen molar-refractivity contribution < 1.29 is 45.4 Å². The molecule has 0 bridgehead atoms. The van der Waals surface area contributed by atoms with Crippen molar-refractivity contribution in [3.63, 3.8) is 0 Å². The number of carbonyl (C=O) groups is 2. The van der Waals surface area contributed by atoms with Crippen molar-refractivity contribution in [3.05, 3.63) is 58.2 Å². The number of hydrogen-bond donors (Lipinski definition) is 0. The molecule has 0 saturated carbocycles. The van der Waals surface area contributed by atoms with Crippen LogP contribution in [0.4, 0.5) is 23.2 Å². The Balaban J connectivity index is 2.26. The van der Waals surface area contributed by atoms with Crippen molar-refractivity contribution >= 4 is 41.5 Å². The fraction of sp³-hybridized carbons (Fsp3) is 0.211. The molecule has 1 unspecified atom stereocenters. The van der Waals surface area contributed by atoms with Crippen LogP contribution >= 0.6 is 19.4 Å². The molecule has 1 aliphatic rings. The number of para-hydroxylation sites is 1. The summed E-state index contributed by atoms with van der Waals surface area (Å²) in [5.41, 5.74) is -2.20. The van der Waals surface area contributed by atoms with Gasteiger partial charge in [0.15, 0.2) is 0 Å². The molecular weight excluding hydrogens is 538 g/mol. The molecule has 0 aliphatic carbocycles. The first-order chi connectivity index (χ1) is 14.1. The van der Waals surface area contributed by atoms with Gasteiger partial charge >= 0.3 is 182 Å². The zero-order valence-electron chi connectivity index (χ0n) is 15.4. The second-order valence-corrected chi connectivity index (χ2v) is 12.0. The third-order valence-corrected chi connectivity index (χ3v) is 6.31. The van der Waals surface area contributed by atoms with E-state index >= 15 is 0 Å². The summed E-state index contributed by atoms with van der Waals surface area (Å²) in [7, 11) is 11.8. The van der Waals surface area contributed by atoms with Crippen molar-refractivity contribution in [1.29, 1.82) is 0 Å². The molecule has 1 heterocycles. The molecule has 162 valence electrons. The van der Waals surface area contributed by atoms with E-state index in [-0.39, 0.29) is 17.9 Å². The van der Waals surface area contributed by atoms with Gasteiger partial charge in [0.25, 0.3) is 0 Å². The Labute approximate surface area is 181 Å². The van der Waals surface area contributed by atoms with Crippen LogP contribution in [0.3, 0.4) is 0 Å². The Morgan fingerprint density at radius 3 is 2.30 bits per heavy atom. The topological polar surface area (TPSA) is 46.6 Å². The minimum atomic E-state index is -2.34. The average Bonchev–Trinajstić information content (AvgIpc) is 2.70. The Hall–Kier alpha value is -1.83. The number of anilines is 1. The number of benzene rings is 2. The van der Waals surface area contributed by atoms with Gasteiger partial charge in [0, 0.05) is 0 Å². The van der Waals surface area contributed by atoms with Crippen molar-refractivity contribution in [2.45, 2.75) is 26.4 Å². The van der Waals surface area contributed by atoms with Crippen molar-refractivity contribution in [2.75, 3.05) is 4.90 Å². The first-order valence-electron chi connectivity index (χ1n) is 8.43. The number of fused-ring (bicyclic) bond motifs is 1. The molecule has 0 spiro atoms. The van der Waals surface area contributed by atoms with Gasteiger partial charge in [-0.3, -0.25) is 0 Å². The van der Waals surface area contributed by atoms with Crippen LogP contribution in [-0.4, -0.2) is 22.5 Å². The van der Waals surface area contributed by atoms with E-state index in [1.165, 1.54) is 16.7 Å². The summed E-state index contributed by atoms with van der Waals surface area (Å²) in [4.78, 5) is 26.3. The maximum atomic E-state index is 14.4. The number of amides is 2. The number of rotatable bonds is 3. The van der Waals surface area contributed by atoms with Gasteiger partial charge in [-0.2, -0.15) is 0 Å². The molecule has 3 rings (SSSR count). The SMILES string of the molecule is CCC1Oc2c([CH]=[Ru]([Cl])[Cl])cccc2N(C(=O)c2c(F)c(F)c(C)c(F)c2F)C1=O. The second kappa shape index (κ2) is 8.73. The van der Waals surface area contributed by atoms with Crippen molar-refractivity contribution in [2.24, 2.45) is 0 Å². The molecule has 4 nitrogen and oxygen atoms in total. The molecule has 2 aromatic carbocycles. The van der Waals surface area contributed by atoms with E-state index in [9.17, 15) is 27.2 Å². The monoisotopic (exact) mass is 551 g/mol. The Bertz CT molecular complexity index is 1080. The van der Waals surface area contributed by atoms with E-state index in [1.807, 2.05) is 0 Å². The average molecular weight is 551 g/mol. The van der Waals surface area contributed by atoms with Crippen LogP contribution in [0.15, 0.2) is 18.2 Å². The van der Waals surface area contributed by atoms with Crippen LogP contribution < -0.4 is 9.64 Å². The van der Waals surface area contributed by atoms with Crippen LogP contribution in [-0.2, 0) is 18.3 Å². The Morgan fingerprint density at radius 2 is 1.77 bits per heavy atom. The second-order valence-electron chi connectivity index (χ2n) is 6.25. The number of hydrogen-bond acceptors (Lipinski definition) is 3. The summed E-state index contributed by atoms with van der Waals surface area (Å²) < 4.78 is 64.1. The van der Waals surface area contributed by atoms with E-state index in [0.717, 1.165) is 6.92 Å². The fourth-order valence-electron chi connectivity index (χ4n) is 2.97. The Kier molecular flexibility index (Phi) is 6.65. The third kappa shape index (κ3) is 3.79. The zero-order chi connectivity index (χ0) is 22.3. The van der Waals surface area contributed by atoms with Gasteiger partial charge in [-0.1, -0.05) is 0 Å². The molecule has 0 radical (unpaired) electrons. The van der Waals surface area contributed by atoms with E-state index in [1.54, 1.807) is 13.0 Å². The predicted molar refractivity (Wildman–Crippen MR) is 101 cm³/mol. The summed E-state index contributed by atoms with van der Waals surface area (Å²) >= 11 is -2.34. The first-order valence-corrected chi connectivity index (χ1v) is 13.9. The van der Waals surface area contributed by atoms with Gasteiger partial charge in [-0.15, -0.1) is 0 Å². The molecule has 2 aromatic rings. The van der Waals surface area contributed by atoms with Crippen LogP contribution in [0.2, 0.25) is 0 Å². The van der Waals surface area contributed by atoms with E-state index in [4.69, 9.17) is 24.1 Å². The summed E-state index contributed by atoms with van der Waals surface area (Å²) in [6.07, 6.45) is -1.06. The normalized spacial score (nSPS) is 16.1. The standard InChI is InChI=1S/C19H13F4NO3.2ClH.Ru/c1-4-11-18(25)24(10-7-5-6-8(2)17(10)27-11)19(26)12-15(22)13(20)9(3)14(21)16(12)23;;;/h2,5-7,11H,4H2,1,3H3;2*1H;/q;;;+2/p-2. The number of imide groups is 1. The summed E-state index contributed by atoms with van der Waals surface area (Å²) in [6.45, 7) is 2.42. The minimum absolute atomic E-state index is 0.0474. The molecule has 2 amide bonds. The summed E-state index contributed by atoms with van der Waals surface area (Å²) in [5, 5.41) is 0. The van der Waals surface area contributed by atoms with E-state index < -0.39 is 65.8 Å². The molecular formula is C19H13Cl2F4NO3Ru. The van der Waals surface area contributed by atoms with Gasteiger partial charge in [0.2, 0.25) is 0 Å². The van der Waals surface area contributed by atoms with Gasteiger partial charge in [0.05, 0.1) is 0 Å². The molecule has 0 saturated heterocycles. The zero-order valence-corrected chi connectivity index (χ0v) is 18.6. The summed E-state index contributed by atoms with van der Waals surface area (Å²) in [6, 6.07) is 4.31. The maximum absolute atomic E-state index is 14.4. The van der Waals surface area contributed by atoms with E-state index in [0.29, 0.717) is 10.5 Å². The molecule has 11 heteroatoms. The molecule has 0 N–H and O–H groups in total. The van der Waals surface area contributed by atoms with Gasteiger partial charge in [-0.05, 0) is 0 Å².